The second-order valence-corrected chi connectivity index (χ2v) is 1.57. The summed E-state index contributed by atoms with van der Waals surface area (Å²) in [4.78, 5) is 0. The van der Waals surface area contributed by atoms with Crippen molar-refractivity contribution in [3.05, 3.63) is 0 Å². The van der Waals surface area contributed by atoms with Crippen LogP contribution < -0.4 is 0 Å². The van der Waals surface area contributed by atoms with Crippen LogP contribution in [0.15, 0.2) is 0 Å². The zero-order valence-electron chi connectivity index (χ0n) is 4.41. The average molecular weight is 72.1 g/mol. The van der Waals surface area contributed by atoms with Gasteiger partial charge in [-0.1, -0.05) is 32.1 Å². The van der Waals surface area contributed by atoms with E-state index in [0.717, 1.165) is 12.8 Å². The predicted octanol–water partition coefficient (Wildman–Crippen LogP) is 1.95. The van der Waals surface area contributed by atoms with Crippen LogP contribution in [0.3, 0.4) is 0 Å². The van der Waals surface area contributed by atoms with Crippen molar-refractivity contribution in [1.82, 2.24) is 0 Å². The monoisotopic (exact) mass is 72.1 g/mol. The third kappa shape index (κ3) is 0.640. The Balaban J connectivity index is 2.18. The molecule has 0 bridgehead atoms. The molecule has 0 aromatic carbocycles. The Labute approximate surface area is 34.6 Å². The summed E-state index contributed by atoms with van der Waals surface area (Å²) in [6, 6.07) is 0. The molecule has 0 saturated heterocycles. The van der Waals surface area contributed by atoms with Gasteiger partial charge >= 0.3 is 0 Å². The van der Waals surface area contributed by atoms with Gasteiger partial charge in [0.2, 0.25) is 0 Å². The molecule has 0 atom stereocenters. The van der Waals surface area contributed by atoms with Gasteiger partial charge in [-0.05, 0) is 0 Å². The van der Waals surface area contributed by atoms with Gasteiger partial charge in [-0.3, -0.25) is 0 Å². The molecule has 1 fully saturated rings. The van der Waals surface area contributed by atoms with E-state index in [9.17, 15) is 0 Å². The first-order chi connectivity index (χ1) is 2.89. The minimum Gasteiger partial charge on any atom is -0.0533 e. The SMILES string of the molecule is [3H]C1CCCC1. The highest BCUT2D eigenvalue weighted by atomic mass is 14.0. The van der Waals surface area contributed by atoms with E-state index in [-0.39, 0.29) is 0 Å². The molecule has 0 spiro atoms. The zero-order valence-corrected chi connectivity index (χ0v) is 3.41. The number of hydrogen-bond acceptors (Lipinski definition) is 0. The lowest BCUT2D eigenvalue weighted by Crippen LogP contribution is -1.47. The van der Waals surface area contributed by atoms with Crippen molar-refractivity contribution in [3.63, 3.8) is 0 Å². The average Bonchev–Trinajstić information content (AvgIpc) is 1.86. The second-order valence-electron chi connectivity index (χ2n) is 1.57. The summed E-state index contributed by atoms with van der Waals surface area (Å²) in [5, 5.41) is 0. The maximum Gasteiger partial charge on any atom is 0.0267 e. The Hall–Kier alpha value is 0. The second kappa shape index (κ2) is 1.44. The van der Waals surface area contributed by atoms with Crippen LogP contribution in [0.25, 0.3) is 0 Å². The van der Waals surface area contributed by atoms with E-state index in [1.807, 2.05) is 0 Å². The van der Waals surface area contributed by atoms with Gasteiger partial charge in [-0.25, -0.2) is 0 Å². The van der Waals surface area contributed by atoms with Gasteiger partial charge in [0.25, 0.3) is 0 Å². The minimum atomic E-state index is 0.296. The first-order valence-corrected chi connectivity index (χ1v) is 2.32. The summed E-state index contributed by atoms with van der Waals surface area (Å²) in [6.07, 6.45) is 5.20. The number of rotatable bonds is 0. The topological polar surface area (TPSA) is 0 Å². The molecule has 0 radical (unpaired) electrons. The quantitative estimate of drug-likeness (QED) is 0.410. The van der Waals surface area contributed by atoms with Crippen molar-refractivity contribution >= 4 is 0 Å². The molecule has 0 nitrogen and oxygen atoms in total. The first kappa shape index (κ1) is 2.22. The molecule has 0 heterocycles. The molecule has 5 heavy (non-hydrogen) atoms. The maximum atomic E-state index is 7.13. The third-order valence-corrected chi connectivity index (χ3v) is 1.07. The molecule has 0 unspecified atom stereocenters. The van der Waals surface area contributed by atoms with Crippen molar-refractivity contribution in [2.75, 3.05) is 0 Å². The van der Waals surface area contributed by atoms with Gasteiger partial charge in [-0.2, -0.15) is 0 Å². The molecule has 1 rings (SSSR count). The zero-order chi connectivity index (χ0) is 4.41. The van der Waals surface area contributed by atoms with Crippen LogP contribution in [-0.2, 0) is 0 Å². The summed E-state index contributed by atoms with van der Waals surface area (Å²) >= 11 is 0. The molecule has 0 amide bonds. The van der Waals surface area contributed by atoms with Crippen LogP contribution in [0.5, 0.6) is 0 Å². The highest BCUT2D eigenvalue weighted by Gasteiger charge is 1.95. The molecule has 0 aromatic heterocycles. The molecule has 0 aromatic rings. The molecule has 1 saturated carbocycles. The van der Waals surface area contributed by atoms with E-state index in [0.29, 0.717) is 6.40 Å². The molecule has 0 heteroatoms. The van der Waals surface area contributed by atoms with Gasteiger partial charge in [0.05, 0.1) is 0 Å². The Kier molecular flexibility index (Phi) is 0.640. The predicted molar refractivity (Wildman–Crippen MR) is 23.1 cm³/mol. The van der Waals surface area contributed by atoms with E-state index in [1.54, 1.807) is 0 Å². The van der Waals surface area contributed by atoms with E-state index in [2.05, 4.69) is 0 Å². The summed E-state index contributed by atoms with van der Waals surface area (Å²) in [6.45, 7) is 0. The molecule has 30 valence electrons. The molecule has 1 aliphatic rings. The highest BCUT2D eigenvalue weighted by molar-refractivity contribution is 4.51. The highest BCUT2D eigenvalue weighted by Crippen LogP contribution is 2.15. The van der Waals surface area contributed by atoms with Gasteiger partial charge in [-0.15, -0.1) is 0 Å². The molecule has 0 aliphatic heterocycles. The Morgan fingerprint density at radius 2 is 1.60 bits per heavy atom. The third-order valence-electron chi connectivity index (χ3n) is 1.07. The van der Waals surface area contributed by atoms with Crippen molar-refractivity contribution in [2.24, 2.45) is 0 Å². The maximum absolute atomic E-state index is 7.13. The number of hydrogen-bond donors (Lipinski definition) is 0. The van der Waals surface area contributed by atoms with Crippen LogP contribution in [0.2, 0.25) is 0 Å². The molecular weight excluding hydrogens is 60.1 g/mol. The van der Waals surface area contributed by atoms with Crippen LogP contribution in [0.1, 0.15) is 33.5 Å². The van der Waals surface area contributed by atoms with Crippen LogP contribution in [0.4, 0.5) is 0 Å². The van der Waals surface area contributed by atoms with Gasteiger partial charge in [0.15, 0.2) is 0 Å². The summed E-state index contributed by atoms with van der Waals surface area (Å²) in [5.41, 5.74) is 0. The lowest BCUT2D eigenvalue weighted by atomic mass is 10.4. The van der Waals surface area contributed by atoms with E-state index in [4.69, 9.17) is 1.37 Å². The van der Waals surface area contributed by atoms with Crippen molar-refractivity contribution in [3.8, 4) is 0 Å². The molecule has 0 N–H and O–H groups in total. The van der Waals surface area contributed by atoms with E-state index >= 15 is 0 Å². The fraction of sp³-hybridized carbons (Fsp3) is 1.00. The van der Waals surface area contributed by atoms with Crippen LogP contribution >= 0.6 is 0 Å². The minimum absolute atomic E-state index is 0.296. The van der Waals surface area contributed by atoms with Crippen molar-refractivity contribution in [2.45, 2.75) is 32.1 Å². The van der Waals surface area contributed by atoms with Gasteiger partial charge in [0, 0.05) is 1.37 Å². The molecule has 1 aliphatic carbocycles. The van der Waals surface area contributed by atoms with E-state index in [1.165, 1.54) is 12.8 Å². The van der Waals surface area contributed by atoms with E-state index < -0.39 is 0 Å². The Bertz CT molecular complexity index is 37.2. The summed E-state index contributed by atoms with van der Waals surface area (Å²) < 4.78 is 7.13. The smallest absolute Gasteiger partial charge is 0.0267 e. The van der Waals surface area contributed by atoms with Gasteiger partial charge < -0.3 is 0 Å². The van der Waals surface area contributed by atoms with Gasteiger partial charge in [0.1, 0.15) is 0 Å². The fourth-order valence-electron chi connectivity index (χ4n) is 0.722. The molecular formula is C5H10. The van der Waals surface area contributed by atoms with Crippen LogP contribution in [0, 0.1) is 0 Å². The first-order valence-electron chi connectivity index (χ1n) is 2.89. The Morgan fingerprint density at radius 1 is 1.00 bits per heavy atom. The van der Waals surface area contributed by atoms with Crippen molar-refractivity contribution < 1.29 is 1.37 Å². The van der Waals surface area contributed by atoms with Crippen LogP contribution in [-0.4, -0.2) is 0 Å². The summed E-state index contributed by atoms with van der Waals surface area (Å²) in [7, 11) is 0. The standard InChI is InChI=1S/C5H10/c1-2-4-5-3-1/h1-5H2/i1T. The summed E-state index contributed by atoms with van der Waals surface area (Å²) in [5.74, 6) is 0. The normalized spacial score (nSPS) is 30.8. The Morgan fingerprint density at radius 3 is 1.80 bits per heavy atom. The van der Waals surface area contributed by atoms with Crippen molar-refractivity contribution in [1.29, 1.82) is 0 Å². The fourth-order valence-corrected chi connectivity index (χ4v) is 0.722. The lowest BCUT2D eigenvalue weighted by Gasteiger charge is -1.67. The lowest BCUT2D eigenvalue weighted by molar-refractivity contribution is 0.886. The largest absolute Gasteiger partial charge is 0.0533 e.